The molecule has 1 aromatic heterocycles. The van der Waals surface area contributed by atoms with Gasteiger partial charge in [-0.3, -0.25) is 4.79 Å². The first-order chi connectivity index (χ1) is 17.0. The Morgan fingerprint density at radius 3 is 2.63 bits per heavy atom. The lowest BCUT2D eigenvalue weighted by Crippen LogP contribution is -2.13. The van der Waals surface area contributed by atoms with Crippen molar-refractivity contribution in [2.75, 3.05) is 19.5 Å². The highest BCUT2D eigenvalue weighted by molar-refractivity contribution is 7.17. The van der Waals surface area contributed by atoms with Crippen LogP contribution in [-0.2, 0) is 29.0 Å². The van der Waals surface area contributed by atoms with E-state index in [2.05, 4.69) is 18.3 Å². The lowest BCUT2D eigenvalue weighted by molar-refractivity contribution is -0.111. The van der Waals surface area contributed by atoms with Gasteiger partial charge in [0.25, 0.3) is 0 Å². The Morgan fingerprint density at radius 2 is 1.86 bits per heavy atom. The second-order valence-electron chi connectivity index (χ2n) is 8.35. The van der Waals surface area contributed by atoms with Crippen molar-refractivity contribution < 1.29 is 23.8 Å². The fraction of sp³-hybridized carbons (Fsp3) is 0.286. The summed E-state index contributed by atoms with van der Waals surface area (Å²) in [6, 6.07) is 13.6. The second-order valence-corrected chi connectivity index (χ2v) is 9.46. The maximum Gasteiger partial charge on any atom is 0.341 e. The van der Waals surface area contributed by atoms with Crippen molar-refractivity contribution in [1.29, 1.82) is 0 Å². The van der Waals surface area contributed by atoms with E-state index in [1.807, 2.05) is 36.4 Å². The maximum absolute atomic E-state index is 12.7. The normalized spacial score (nSPS) is 12.8. The van der Waals surface area contributed by atoms with Crippen molar-refractivity contribution in [2.45, 2.75) is 39.2 Å². The molecule has 0 aliphatic heterocycles. The predicted octanol–water partition coefficient (Wildman–Crippen LogP) is 5.96. The molecule has 1 amide bonds. The van der Waals surface area contributed by atoms with E-state index >= 15 is 0 Å². The number of thiophene rings is 1. The van der Waals surface area contributed by atoms with Crippen LogP contribution in [0.5, 0.6) is 11.5 Å². The van der Waals surface area contributed by atoms with Crippen LogP contribution in [0.2, 0.25) is 0 Å². The third kappa shape index (κ3) is 5.74. The average molecular weight is 492 g/mol. The van der Waals surface area contributed by atoms with Crippen molar-refractivity contribution in [3.63, 3.8) is 0 Å². The molecule has 4 rings (SSSR count). The number of hydrogen-bond acceptors (Lipinski definition) is 6. The van der Waals surface area contributed by atoms with Crippen LogP contribution in [0.15, 0.2) is 48.5 Å². The number of nitrogens with one attached hydrogen (secondary N) is 1. The van der Waals surface area contributed by atoms with Gasteiger partial charge in [0.15, 0.2) is 11.5 Å². The molecule has 6 nitrogen and oxygen atoms in total. The Balaban J connectivity index is 1.45. The summed E-state index contributed by atoms with van der Waals surface area (Å²) in [6.45, 7) is 2.49. The van der Waals surface area contributed by atoms with Crippen LogP contribution in [0.3, 0.4) is 0 Å². The Bertz CT molecular complexity index is 1260. The van der Waals surface area contributed by atoms with E-state index in [-0.39, 0.29) is 5.91 Å². The summed E-state index contributed by atoms with van der Waals surface area (Å²) in [6.07, 6.45) is 7.03. The van der Waals surface area contributed by atoms with Crippen LogP contribution in [-0.4, -0.2) is 26.1 Å². The van der Waals surface area contributed by atoms with E-state index in [1.54, 1.807) is 13.2 Å². The summed E-state index contributed by atoms with van der Waals surface area (Å²) >= 11 is 1.47. The lowest BCUT2D eigenvalue weighted by Gasteiger charge is -2.12. The fourth-order valence-corrected chi connectivity index (χ4v) is 5.41. The Hall–Kier alpha value is -3.58. The standard InChI is InChI=1S/C28H29NO5S/c1-18-8-4-5-9-20(18)17-34-22-14-12-19(16-23(22)32-2)13-15-25(30)29-27-26(28(31)33-3)21-10-6-7-11-24(21)35-27/h4-5,8-9,12-16H,6-7,10-11,17H2,1-3H3,(H,29,30). The lowest BCUT2D eigenvalue weighted by atomic mass is 9.95. The SMILES string of the molecule is COC(=O)c1c(NC(=O)C=Cc2ccc(OCc3ccccc3C)c(OC)c2)sc2c1CCCC2. The molecule has 0 saturated carbocycles. The number of esters is 1. The van der Waals surface area contributed by atoms with Crippen molar-refractivity contribution in [3.8, 4) is 11.5 Å². The van der Waals surface area contributed by atoms with Gasteiger partial charge in [0.1, 0.15) is 11.6 Å². The zero-order valence-corrected chi connectivity index (χ0v) is 21.0. The summed E-state index contributed by atoms with van der Waals surface area (Å²) in [5.74, 6) is 0.492. The van der Waals surface area contributed by atoms with Crippen LogP contribution >= 0.6 is 11.3 Å². The molecule has 182 valence electrons. The Kier molecular flexibility index (Phi) is 7.87. The van der Waals surface area contributed by atoms with Gasteiger partial charge in [-0.25, -0.2) is 4.79 Å². The highest BCUT2D eigenvalue weighted by atomic mass is 32.1. The van der Waals surface area contributed by atoms with Gasteiger partial charge in [-0.15, -0.1) is 11.3 Å². The first-order valence-corrected chi connectivity index (χ1v) is 12.4. The number of rotatable bonds is 8. The largest absolute Gasteiger partial charge is 0.493 e. The molecule has 1 aliphatic carbocycles. The maximum atomic E-state index is 12.7. The number of anilines is 1. The number of aryl methyl sites for hydroxylation is 2. The third-order valence-corrected chi connectivity index (χ3v) is 7.26. The quantitative estimate of drug-likeness (QED) is 0.311. The molecular weight excluding hydrogens is 462 g/mol. The summed E-state index contributed by atoms with van der Waals surface area (Å²) in [5, 5.41) is 3.42. The van der Waals surface area contributed by atoms with Gasteiger partial charge in [0.05, 0.1) is 19.8 Å². The summed E-state index contributed by atoms with van der Waals surface area (Å²) in [4.78, 5) is 26.2. The smallest absolute Gasteiger partial charge is 0.341 e. The molecule has 0 fully saturated rings. The van der Waals surface area contributed by atoms with Gasteiger partial charge >= 0.3 is 5.97 Å². The van der Waals surface area contributed by atoms with Crippen LogP contribution in [0.4, 0.5) is 5.00 Å². The van der Waals surface area contributed by atoms with Gasteiger partial charge in [-0.1, -0.05) is 30.3 Å². The van der Waals surface area contributed by atoms with Crippen molar-refractivity contribution in [3.05, 3.63) is 81.2 Å². The summed E-state index contributed by atoms with van der Waals surface area (Å²) in [5.41, 5.74) is 4.57. The number of amides is 1. The van der Waals surface area contributed by atoms with E-state index in [1.165, 1.54) is 30.1 Å². The number of fused-ring (bicyclic) bond motifs is 1. The molecule has 1 aliphatic rings. The molecular formula is C28H29NO5S. The molecule has 0 radical (unpaired) electrons. The van der Waals surface area contributed by atoms with Crippen molar-refractivity contribution in [1.82, 2.24) is 0 Å². The molecule has 3 aromatic rings. The fourth-order valence-electron chi connectivity index (χ4n) is 4.13. The topological polar surface area (TPSA) is 73.9 Å². The Labute approximate surface area is 209 Å². The molecule has 0 saturated heterocycles. The average Bonchev–Trinajstić information content (AvgIpc) is 3.24. The van der Waals surface area contributed by atoms with Crippen LogP contribution in [0.25, 0.3) is 6.08 Å². The first kappa shape index (κ1) is 24.5. The minimum absolute atomic E-state index is 0.312. The van der Waals surface area contributed by atoms with E-state index in [4.69, 9.17) is 14.2 Å². The van der Waals surface area contributed by atoms with Crippen molar-refractivity contribution >= 4 is 34.3 Å². The molecule has 1 N–H and O–H groups in total. The number of methoxy groups -OCH3 is 2. The number of carbonyl (C=O) groups is 2. The molecule has 0 atom stereocenters. The van der Waals surface area contributed by atoms with Crippen LogP contribution in [0, 0.1) is 6.92 Å². The van der Waals surface area contributed by atoms with E-state index < -0.39 is 5.97 Å². The number of hydrogen-bond donors (Lipinski definition) is 1. The van der Waals surface area contributed by atoms with Gasteiger partial charge in [0.2, 0.25) is 5.91 Å². The Morgan fingerprint density at radius 1 is 1.06 bits per heavy atom. The molecule has 35 heavy (non-hydrogen) atoms. The highest BCUT2D eigenvalue weighted by Crippen LogP contribution is 2.38. The zero-order valence-electron chi connectivity index (χ0n) is 20.2. The van der Waals surface area contributed by atoms with Gasteiger partial charge in [-0.2, -0.15) is 0 Å². The predicted molar refractivity (Wildman–Crippen MR) is 138 cm³/mol. The van der Waals surface area contributed by atoms with Crippen LogP contribution in [0.1, 0.15) is 50.3 Å². The van der Waals surface area contributed by atoms with Gasteiger partial charge in [-0.05, 0) is 73.1 Å². The monoisotopic (exact) mass is 491 g/mol. The molecule has 1 heterocycles. The molecule has 0 bridgehead atoms. The highest BCUT2D eigenvalue weighted by Gasteiger charge is 2.26. The van der Waals surface area contributed by atoms with E-state index in [9.17, 15) is 9.59 Å². The van der Waals surface area contributed by atoms with Crippen molar-refractivity contribution in [2.24, 2.45) is 0 Å². The molecule has 2 aromatic carbocycles. The third-order valence-electron chi connectivity index (χ3n) is 6.06. The molecule has 7 heteroatoms. The van der Waals surface area contributed by atoms with Crippen LogP contribution < -0.4 is 14.8 Å². The number of carbonyl (C=O) groups excluding carboxylic acids is 2. The second kappa shape index (κ2) is 11.2. The summed E-state index contributed by atoms with van der Waals surface area (Å²) < 4.78 is 16.4. The van der Waals surface area contributed by atoms with E-state index in [0.717, 1.165) is 47.3 Å². The zero-order chi connectivity index (χ0) is 24.8. The molecule has 0 spiro atoms. The van der Waals surface area contributed by atoms with E-state index in [0.29, 0.717) is 28.7 Å². The minimum Gasteiger partial charge on any atom is -0.493 e. The van der Waals surface area contributed by atoms with Gasteiger partial charge in [0, 0.05) is 11.0 Å². The van der Waals surface area contributed by atoms with Gasteiger partial charge < -0.3 is 19.5 Å². The number of ether oxygens (including phenoxy) is 3. The number of benzene rings is 2. The molecule has 0 unspecified atom stereocenters. The summed E-state index contributed by atoms with van der Waals surface area (Å²) in [7, 11) is 2.95. The first-order valence-electron chi connectivity index (χ1n) is 11.6. The minimum atomic E-state index is -0.408.